The Bertz CT molecular complexity index is 413. The minimum atomic E-state index is -1.01. The zero-order chi connectivity index (χ0) is 16.7. The molecule has 0 saturated carbocycles. The SMILES string of the molecule is CO[C@@H](C)CC(=O)N1CCC[C@H](N(CC(=O)O)C(C)=O)CC1. The highest BCUT2D eigenvalue weighted by Gasteiger charge is 2.27. The molecule has 1 saturated heterocycles. The lowest BCUT2D eigenvalue weighted by atomic mass is 10.1. The quantitative estimate of drug-likeness (QED) is 0.781. The number of carbonyl (C=O) groups excluding carboxylic acids is 2. The Hall–Kier alpha value is -1.63. The second kappa shape index (κ2) is 8.73. The number of amides is 2. The number of hydrogen-bond acceptors (Lipinski definition) is 4. The molecule has 7 nitrogen and oxygen atoms in total. The zero-order valence-corrected chi connectivity index (χ0v) is 13.6. The highest BCUT2D eigenvalue weighted by molar-refractivity contribution is 5.80. The van der Waals surface area contributed by atoms with Gasteiger partial charge in [0.15, 0.2) is 0 Å². The zero-order valence-electron chi connectivity index (χ0n) is 13.6. The third-order valence-corrected chi connectivity index (χ3v) is 4.07. The van der Waals surface area contributed by atoms with E-state index >= 15 is 0 Å². The van der Waals surface area contributed by atoms with Crippen molar-refractivity contribution in [1.82, 2.24) is 9.80 Å². The molecule has 7 heteroatoms. The molecule has 0 aromatic rings. The van der Waals surface area contributed by atoms with Crippen molar-refractivity contribution in [2.75, 3.05) is 26.7 Å². The number of carboxylic acid groups (broad SMARTS) is 1. The summed E-state index contributed by atoms with van der Waals surface area (Å²) in [6.07, 6.45) is 2.32. The lowest BCUT2D eigenvalue weighted by molar-refractivity contribution is -0.145. The average molecular weight is 314 g/mol. The summed E-state index contributed by atoms with van der Waals surface area (Å²) in [5, 5.41) is 8.93. The van der Waals surface area contributed by atoms with E-state index in [-0.39, 0.29) is 30.5 Å². The topological polar surface area (TPSA) is 87.2 Å². The number of likely N-dealkylation sites (tertiary alicyclic amines) is 1. The molecule has 0 aromatic carbocycles. The van der Waals surface area contributed by atoms with E-state index in [1.54, 1.807) is 12.0 Å². The minimum Gasteiger partial charge on any atom is -0.480 e. The lowest BCUT2D eigenvalue weighted by Gasteiger charge is -2.29. The smallest absolute Gasteiger partial charge is 0.323 e. The molecule has 0 radical (unpaired) electrons. The fourth-order valence-corrected chi connectivity index (χ4v) is 2.74. The molecule has 22 heavy (non-hydrogen) atoms. The number of rotatable bonds is 6. The van der Waals surface area contributed by atoms with Crippen LogP contribution in [0.2, 0.25) is 0 Å². The maximum absolute atomic E-state index is 12.2. The van der Waals surface area contributed by atoms with E-state index in [1.807, 2.05) is 6.92 Å². The molecule has 1 rings (SSSR count). The van der Waals surface area contributed by atoms with Crippen LogP contribution in [0.25, 0.3) is 0 Å². The Morgan fingerprint density at radius 1 is 1.32 bits per heavy atom. The van der Waals surface area contributed by atoms with Crippen LogP contribution in [0.4, 0.5) is 0 Å². The summed E-state index contributed by atoms with van der Waals surface area (Å²) in [5.41, 5.74) is 0. The molecule has 0 spiro atoms. The molecule has 0 aliphatic carbocycles. The molecule has 1 aliphatic rings. The third kappa shape index (κ3) is 5.63. The fourth-order valence-electron chi connectivity index (χ4n) is 2.74. The van der Waals surface area contributed by atoms with Crippen molar-refractivity contribution < 1.29 is 24.2 Å². The molecule has 1 aliphatic heterocycles. The van der Waals surface area contributed by atoms with Crippen molar-refractivity contribution in [2.24, 2.45) is 0 Å². The fraction of sp³-hybridized carbons (Fsp3) is 0.800. The number of nitrogens with zero attached hydrogens (tertiary/aromatic N) is 2. The van der Waals surface area contributed by atoms with Gasteiger partial charge < -0.3 is 19.6 Å². The molecule has 1 heterocycles. The van der Waals surface area contributed by atoms with Gasteiger partial charge in [0.25, 0.3) is 0 Å². The van der Waals surface area contributed by atoms with Gasteiger partial charge in [0, 0.05) is 33.2 Å². The summed E-state index contributed by atoms with van der Waals surface area (Å²) >= 11 is 0. The Kier molecular flexibility index (Phi) is 7.31. The van der Waals surface area contributed by atoms with Crippen LogP contribution in [-0.4, -0.2) is 71.6 Å². The van der Waals surface area contributed by atoms with Crippen LogP contribution in [-0.2, 0) is 19.1 Å². The molecule has 2 amide bonds. The minimum absolute atomic E-state index is 0.0441. The summed E-state index contributed by atoms with van der Waals surface area (Å²) in [7, 11) is 1.58. The average Bonchev–Trinajstić information content (AvgIpc) is 2.69. The van der Waals surface area contributed by atoms with Gasteiger partial charge in [-0.2, -0.15) is 0 Å². The first-order valence-electron chi connectivity index (χ1n) is 7.64. The highest BCUT2D eigenvalue weighted by atomic mass is 16.5. The first-order valence-corrected chi connectivity index (χ1v) is 7.64. The molecule has 126 valence electrons. The Morgan fingerprint density at radius 2 is 2.00 bits per heavy atom. The predicted octanol–water partition coefficient (Wildman–Crippen LogP) is 0.726. The van der Waals surface area contributed by atoms with Gasteiger partial charge in [0.2, 0.25) is 11.8 Å². The maximum Gasteiger partial charge on any atom is 0.323 e. The molecule has 2 atom stereocenters. The van der Waals surface area contributed by atoms with Crippen LogP contribution in [0.5, 0.6) is 0 Å². The van der Waals surface area contributed by atoms with Gasteiger partial charge in [0.05, 0.1) is 12.5 Å². The van der Waals surface area contributed by atoms with Crippen molar-refractivity contribution in [3.63, 3.8) is 0 Å². The summed E-state index contributed by atoms with van der Waals surface area (Å²) in [6.45, 7) is 4.14. The van der Waals surface area contributed by atoms with Gasteiger partial charge >= 0.3 is 5.97 Å². The second-order valence-electron chi connectivity index (χ2n) is 5.76. The van der Waals surface area contributed by atoms with E-state index in [9.17, 15) is 14.4 Å². The van der Waals surface area contributed by atoms with Crippen LogP contribution in [0.15, 0.2) is 0 Å². The maximum atomic E-state index is 12.2. The monoisotopic (exact) mass is 314 g/mol. The van der Waals surface area contributed by atoms with Gasteiger partial charge in [-0.25, -0.2) is 0 Å². The van der Waals surface area contributed by atoms with Gasteiger partial charge in [-0.15, -0.1) is 0 Å². The summed E-state index contributed by atoms with van der Waals surface area (Å²) < 4.78 is 5.11. The second-order valence-corrected chi connectivity index (χ2v) is 5.76. The van der Waals surface area contributed by atoms with Crippen LogP contribution in [0.1, 0.15) is 39.5 Å². The van der Waals surface area contributed by atoms with E-state index in [0.29, 0.717) is 25.9 Å². The van der Waals surface area contributed by atoms with Crippen molar-refractivity contribution in [3.05, 3.63) is 0 Å². The van der Waals surface area contributed by atoms with Gasteiger partial charge in [0.1, 0.15) is 6.54 Å². The molecule has 1 N–H and O–H groups in total. The van der Waals surface area contributed by atoms with Crippen LogP contribution in [0.3, 0.4) is 0 Å². The molecular weight excluding hydrogens is 288 g/mol. The molecule has 0 bridgehead atoms. The van der Waals surface area contributed by atoms with E-state index in [4.69, 9.17) is 9.84 Å². The predicted molar refractivity (Wildman–Crippen MR) is 80.3 cm³/mol. The van der Waals surface area contributed by atoms with Crippen molar-refractivity contribution in [3.8, 4) is 0 Å². The van der Waals surface area contributed by atoms with Crippen LogP contribution < -0.4 is 0 Å². The van der Waals surface area contributed by atoms with Gasteiger partial charge in [-0.05, 0) is 26.2 Å². The molecule has 1 fully saturated rings. The lowest BCUT2D eigenvalue weighted by Crippen LogP contribution is -2.43. The van der Waals surface area contributed by atoms with E-state index in [0.717, 1.165) is 12.8 Å². The molecule has 0 aromatic heterocycles. The summed E-state index contributed by atoms with van der Waals surface area (Å²) in [4.78, 5) is 37.9. The number of methoxy groups -OCH3 is 1. The van der Waals surface area contributed by atoms with Gasteiger partial charge in [-0.3, -0.25) is 14.4 Å². The number of aliphatic carboxylic acids is 1. The number of carboxylic acids is 1. The van der Waals surface area contributed by atoms with E-state index in [1.165, 1.54) is 11.8 Å². The van der Waals surface area contributed by atoms with Gasteiger partial charge in [-0.1, -0.05) is 0 Å². The first-order chi connectivity index (χ1) is 10.3. The first kappa shape index (κ1) is 18.4. The van der Waals surface area contributed by atoms with Crippen LogP contribution >= 0.6 is 0 Å². The van der Waals surface area contributed by atoms with Crippen molar-refractivity contribution >= 4 is 17.8 Å². The highest BCUT2D eigenvalue weighted by Crippen LogP contribution is 2.18. The molecular formula is C15H26N2O5. The summed E-state index contributed by atoms with van der Waals surface area (Å²) in [5.74, 6) is -1.20. The number of carbonyl (C=O) groups is 3. The Labute approximate surface area is 131 Å². The number of hydrogen-bond donors (Lipinski definition) is 1. The third-order valence-electron chi connectivity index (χ3n) is 4.07. The normalized spacial score (nSPS) is 20.1. The standard InChI is InChI=1S/C15H26N2O5/c1-11(22-3)9-14(19)16-7-4-5-13(6-8-16)17(12(2)18)10-15(20)21/h11,13H,4-10H2,1-3H3,(H,20,21)/t11-,13-/m0/s1. The van der Waals surface area contributed by atoms with Crippen molar-refractivity contribution in [1.29, 1.82) is 0 Å². The van der Waals surface area contributed by atoms with E-state index < -0.39 is 5.97 Å². The Morgan fingerprint density at radius 3 is 2.55 bits per heavy atom. The summed E-state index contributed by atoms with van der Waals surface area (Å²) in [6, 6.07) is -0.119. The van der Waals surface area contributed by atoms with Crippen LogP contribution in [0, 0.1) is 0 Å². The Balaban J connectivity index is 2.62. The molecule has 0 unspecified atom stereocenters. The van der Waals surface area contributed by atoms with E-state index in [2.05, 4.69) is 0 Å². The number of ether oxygens (including phenoxy) is 1. The van der Waals surface area contributed by atoms with Crippen molar-refractivity contribution in [2.45, 2.75) is 51.7 Å². The largest absolute Gasteiger partial charge is 0.480 e.